The maximum Gasteiger partial charge on any atom is 0.210 e. The predicted octanol–water partition coefficient (Wildman–Crippen LogP) is 0.298. The van der Waals surface area contributed by atoms with Crippen LogP contribution in [0, 0.1) is 0 Å². The Hall–Kier alpha value is -0.860. The van der Waals surface area contributed by atoms with Crippen molar-refractivity contribution in [2.75, 3.05) is 7.05 Å². The second-order valence-corrected chi connectivity index (χ2v) is 1.65. The minimum Gasteiger partial charge on any atom is -0.339 e. The zero-order valence-electron chi connectivity index (χ0n) is 5.00. The monoisotopic (exact) mass is 131 g/mol. The molecule has 0 N–H and O–H groups in total. The summed E-state index contributed by atoms with van der Waals surface area (Å²) in [7, 11) is 1.56. The molecule has 0 aromatic rings. The quantitative estimate of drug-likeness (QED) is 0.516. The molecule has 1 unspecified atom stereocenters. The van der Waals surface area contributed by atoms with Crippen LogP contribution in [-0.2, 0) is 9.59 Å². The molecule has 1 amide bonds. The first-order valence-electron chi connectivity index (χ1n) is 2.35. The zero-order chi connectivity index (χ0) is 6.57. The molecular weight excluding hydrogens is 118 g/mol. The lowest BCUT2D eigenvalue weighted by molar-refractivity contribution is -0.123. The van der Waals surface area contributed by atoms with E-state index in [1.54, 1.807) is 14.0 Å². The molecule has 9 heavy (non-hydrogen) atoms. The highest BCUT2D eigenvalue weighted by Crippen LogP contribution is 1.83. The summed E-state index contributed by atoms with van der Waals surface area (Å²) in [5.41, 5.74) is 0. The van der Waals surface area contributed by atoms with Gasteiger partial charge in [-0.15, -0.1) is 0 Å². The van der Waals surface area contributed by atoms with Gasteiger partial charge in [0, 0.05) is 7.05 Å². The Bertz CT molecular complexity index is 81.1. The summed E-state index contributed by atoms with van der Waals surface area (Å²) in [6.45, 7) is 1.65. The fourth-order valence-corrected chi connectivity index (χ4v) is 0.192. The van der Waals surface area contributed by atoms with E-state index >= 15 is 0 Å². The van der Waals surface area contributed by atoms with Crippen molar-refractivity contribution in [2.45, 2.75) is 20.4 Å². The van der Waals surface area contributed by atoms with Gasteiger partial charge in [0.25, 0.3) is 0 Å². The lowest BCUT2D eigenvalue weighted by atomic mass is 10.4. The maximum absolute atomic E-state index is 9.90. The fourth-order valence-electron chi connectivity index (χ4n) is 0.192. The number of carbonyl (C=O) groups excluding carboxylic acids is 2. The number of rotatable bonds is 3. The molecule has 1 atom stereocenters. The van der Waals surface area contributed by atoms with Crippen molar-refractivity contribution < 1.29 is 9.59 Å². The Morgan fingerprint density at radius 3 is 2.00 bits per heavy atom. The molecule has 0 aliphatic carbocycles. The molecule has 0 rings (SSSR count). The standard InChI is InChI=1S/C5H9NO2.CH4/c1-5(3-7)6(2)4-8;/h3-5H,1-2H3;1H4. The van der Waals surface area contributed by atoms with Crippen LogP contribution in [0.2, 0.25) is 0 Å². The van der Waals surface area contributed by atoms with Crippen LogP contribution < -0.4 is 0 Å². The average molecular weight is 131 g/mol. The summed E-state index contributed by atoms with van der Waals surface area (Å²) in [5.74, 6) is 0. The van der Waals surface area contributed by atoms with Gasteiger partial charge in [-0.05, 0) is 6.92 Å². The van der Waals surface area contributed by atoms with Crippen LogP contribution in [-0.4, -0.2) is 30.7 Å². The van der Waals surface area contributed by atoms with Gasteiger partial charge in [-0.3, -0.25) is 4.79 Å². The van der Waals surface area contributed by atoms with Crippen molar-refractivity contribution in [1.29, 1.82) is 0 Å². The van der Waals surface area contributed by atoms with Crippen LogP contribution >= 0.6 is 0 Å². The SMILES string of the molecule is C.CC(C=O)N(C)C=O. The summed E-state index contributed by atoms with van der Waals surface area (Å²) < 4.78 is 0. The number of hydrogen-bond donors (Lipinski definition) is 0. The maximum atomic E-state index is 9.90. The number of hydrogen-bond acceptors (Lipinski definition) is 2. The number of nitrogens with zero attached hydrogens (tertiary/aromatic N) is 1. The van der Waals surface area contributed by atoms with E-state index in [9.17, 15) is 9.59 Å². The highest BCUT2D eigenvalue weighted by molar-refractivity contribution is 5.62. The van der Waals surface area contributed by atoms with Gasteiger partial charge in [0.05, 0.1) is 6.04 Å². The highest BCUT2D eigenvalue weighted by Gasteiger charge is 2.01. The molecule has 0 bridgehead atoms. The zero-order valence-corrected chi connectivity index (χ0v) is 5.00. The molecular formula is C6H13NO2. The van der Waals surface area contributed by atoms with Crippen LogP contribution in [0.25, 0.3) is 0 Å². The summed E-state index contributed by atoms with van der Waals surface area (Å²) >= 11 is 0. The fraction of sp³-hybridized carbons (Fsp3) is 0.667. The van der Waals surface area contributed by atoms with Crippen LogP contribution in [0.15, 0.2) is 0 Å². The molecule has 3 nitrogen and oxygen atoms in total. The summed E-state index contributed by atoms with van der Waals surface area (Å²) in [5, 5.41) is 0. The first-order valence-corrected chi connectivity index (χ1v) is 2.35. The summed E-state index contributed by atoms with van der Waals surface area (Å²) in [6, 6.07) is -0.299. The number of likely N-dealkylation sites (N-methyl/N-ethyl adjacent to an activating group) is 1. The lowest BCUT2D eigenvalue weighted by Crippen LogP contribution is -2.28. The van der Waals surface area contributed by atoms with E-state index in [4.69, 9.17) is 0 Å². The van der Waals surface area contributed by atoms with Gasteiger partial charge < -0.3 is 9.69 Å². The number of aldehydes is 1. The summed E-state index contributed by atoms with van der Waals surface area (Å²) in [6.07, 6.45) is 1.34. The van der Waals surface area contributed by atoms with E-state index in [1.807, 2.05) is 0 Å². The van der Waals surface area contributed by atoms with E-state index in [0.717, 1.165) is 0 Å². The molecule has 0 aliphatic rings. The molecule has 0 aliphatic heterocycles. The molecule has 0 spiro atoms. The Balaban J connectivity index is 0. The summed E-state index contributed by atoms with van der Waals surface area (Å²) in [4.78, 5) is 21.1. The highest BCUT2D eigenvalue weighted by atomic mass is 16.1. The van der Waals surface area contributed by atoms with Gasteiger partial charge in [-0.1, -0.05) is 7.43 Å². The molecule has 54 valence electrons. The van der Waals surface area contributed by atoms with Gasteiger partial charge in [-0.2, -0.15) is 0 Å². The van der Waals surface area contributed by atoms with Crippen molar-refractivity contribution in [1.82, 2.24) is 4.90 Å². The smallest absolute Gasteiger partial charge is 0.210 e. The molecule has 0 aromatic carbocycles. The van der Waals surface area contributed by atoms with Gasteiger partial charge in [0.15, 0.2) is 0 Å². The first kappa shape index (κ1) is 11.0. The van der Waals surface area contributed by atoms with E-state index in [2.05, 4.69) is 0 Å². The second kappa shape index (κ2) is 5.28. The molecule has 0 saturated heterocycles. The Kier molecular flexibility index (Phi) is 6.46. The van der Waals surface area contributed by atoms with Gasteiger partial charge in [0.1, 0.15) is 6.29 Å². The molecule has 0 saturated carbocycles. The van der Waals surface area contributed by atoms with Crippen LogP contribution in [0.3, 0.4) is 0 Å². The minimum absolute atomic E-state index is 0. The van der Waals surface area contributed by atoms with Gasteiger partial charge in [-0.25, -0.2) is 0 Å². The Morgan fingerprint density at radius 2 is 1.89 bits per heavy atom. The average Bonchev–Trinajstić information content (AvgIpc) is 1.84. The van der Waals surface area contributed by atoms with E-state index < -0.39 is 0 Å². The van der Waals surface area contributed by atoms with Crippen LogP contribution in [0.1, 0.15) is 14.4 Å². The molecule has 3 heteroatoms. The Labute approximate surface area is 55.7 Å². The predicted molar refractivity (Wildman–Crippen MR) is 36.1 cm³/mol. The van der Waals surface area contributed by atoms with E-state index in [0.29, 0.717) is 12.7 Å². The van der Waals surface area contributed by atoms with Crippen molar-refractivity contribution in [2.24, 2.45) is 0 Å². The second-order valence-electron chi connectivity index (χ2n) is 1.65. The minimum atomic E-state index is -0.299. The third kappa shape index (κ3) is 3.70. The third-order valence-corrected chi connectivity index (χ3v) is 1.01. The normalized spacial score (nSPS) is 10.9. The molecule has 0 heterocycles. The number of carbonyl (C=O) groups is 2. The third-order valence-electron chi connectivity index (χ3n) is 1.01. The lowest BCUT2D eigenvalue weighted by Gasteiger charge is -2.12. The van der Waals surface area contributed by atoms with E-state index in [-0.39, 0.29) is 13.5 Å². The topological polar surface area (TPSA) is 37.4 Å². The number of amides is 1. The Morgan fingerprint density at radius 1 is 1.44 bits per heavy atom. The van der Waals surface area contributed by atoms with Crippen LogP contribution in [0.5, 0.6) is 0 Å². The van der Waals surface area contributed by atoms with Gasteiger partial charge >= 0.3 is 0 Å². The van der Waals surface area contributed by atoms with Gasteiger partial charge in [0.2, 0.25) is 6.41 Å². The molecule has 0 radical (unpaired) electrons. The molecule has 0 aromatic heterocycles. The largest absolute Gasteiger partial charge is 0.339 e. The first-order chi connectivity index (χ1) is 3.72. The van der Waals surface area contributed by atoms with Crippen molar-refractivity contribution in [3.8, 4) is 0 Å². The molecule has 0 fully saturated rings. The van der Waals surface area contributed by atoms with Crippen molar-refractivity contribution in [3.05, 3.63) is 0 Å². The van der Waals surface area contributed by atoms with Crippen molar-refractivity contribution in [3.63, 3.8) is 0 Å². The van der Waals surface area contributed by atoms with E-state index in [1.165, 1.54) is 4.90 Å². The van der Waals surface area contributed by atoms with Crippen molar-refractivity contribution >= 4 is 12.7 Å². The van der Waals surface area contributed by atoms with Crippen LogP contribution in [0.4, 0.5) is 0 Å².